The minimum atomic E-state index is -0.905. The Balaban J connectivity index is 1.93. The van der Waals surface area contributed by atoms with Crippen molar-refractivity contribution in [3.63, 3.8) is 0 Å². The molecule has 2 rings (SSSR count). The van der Waals surface area contributed by atoms with E-state index < -0.39 is 11.6 Å². The van der Waals surface area contributed by atoms with E-state index in [1.807, 2.05) is 0 Å². The Labute approximate surface area is 142 Å². The van der Waals surface area contributed by atoms with Crippen LogP contribution in [0.2, 0.25) is 10.0 Å². The zero-order valence-corrected chi connectivity index (χ0v) is 13.8. The molecular formula is C16H15Cl2F2N2O+. The predicted molar refractivity (Wildman–Crippen MR) is 86.7 cm³/mol. The van der Waals surface area contributed by atoms with Gasteiger partial charge in [0, 0.05) is 10.6 Å². The Morgan fingerprint density at radius 1 is 1.17 bits per heavy atom. The van der Waals surface area contributed by atoms with E-state index >= 15 is 0 Å². The fourth-order valence-corrected chi connectivity index (χ4v) is 2.35. The average Bonchev–Trinajstić information content (AvgIpc) is 2.51. The first kappa shape index (κ1) is 17.7. The molecule has 0 aromatic heterocycles. The standard InChI is InChI=1S/C16H14Cl2F2N2O/c1-9(10-2-5-13(19)14(20)6-10)21-8-16(23)22-15-7-11(17)3-4-12(15)18/h2-7,9,21H,8H2,1H3,(H,22,23)/p+1/t9-/m0/s1. The highest BCUT2D eigenvalue weighted by Gasteiger charge is 2.14. The molecule has 2 aromatic rings. The lowest BCUT2D eigenvalue weighted by Gasteiger charge is -2.12. The van der Waals surface area contributed by atoms with E-state index in [1.54, 1.807) is 30.4 Å². The molecule has 122 valence electrons. The molecule has 0 aliphatic heterocycles. The zero-order chi connectivity index (χ0) is 17.0. The van der Waals surface area contributed by atoms with Crippen LogP contribution in [-0.4, -0.2) is 12.5 Å². The number of anilines is 1. The minimum absolute atomic E-state index is 0.100. The lowest BCUT2D eigenvalue weighted by atomic mass is 10.1. The molecule has 0 heterocycles. The number of nitrogens with two attached hydrogens (primary N) is 1. The van der Waals surface area contributed by atoms with Crippen LogP contribution in [0.15, 0.2) is 36.4 Å². The summed E-state index contributed by atoms with van der Waals surface area (Å²) in [5, 5.41) is 5.21. The van der Waals surface area contributed by atoms with Crippen molar-refractivity contribution in [2.75, 3.05) is 11.9 Å². The van der Waals surface area contributed by atoms with Gasteiger partial charge in [-0.3, -0.25) is 4.79 Å². The summed E-state index contributed by atoms with van der Waals surface area (Å²) < 4.78 is 26.1. The number of halogens is 4. The highest BCUT2D eigenvalue weighted by atomic mass is 35.5. The lowest BCUT2D eigenvalue weighted by Crippen LogP contribution is -2.86. The van der Waals surface area contributed by atoms with Gasteiger partial charge in [-0.2, -0.15) is 0 Å². The SMILES string of the molecule is C[C@H]([NH2+]CC(=O)Nc1cc(Cl)ccc1Cl)c1ccc(F)c(F)c1. The molecule has 0 bridgehead atoms. The van der Waals surface area contributed by atoms with Crippen LogP contribution in [0, 0.1) is 11.6 Å². The Hall–Kier alpha value is -1.69. The van der Waals surface area contributed by atoms with Crippen molar-refractivity contribution in [2.24, 2.45) is 0 Å². The molecule has 2 aromatic carbocycles. The van der Waals surface area contributed by atoms with Crippen LogP contribution in [-0.2, 0) is 4.79 Å². The third-order valence-corrected chi connectivity index (χ3v) is 3.89. The molecule has 0 saturated carbocycles. The maximum absolute atomic E-state index is 13.2. The van der Waals surface area contributed by atoms with Gasteiger partial charge in [-0.25, -0.2) is 8.78 Å². The fraction of sp³-hybridized carbons (Fsp3) is 0.188. The second-order valence-corrected chi connectivity index (χ2v) is 5.92. The molecule has 1 amide bonds. The normalized spacial score (nSPS) is 12.0. The summed E-state index contributed by atoms with van der Waals surface area (Å²) in [5.74, 6) is -2.07. The summed E-state index contributed by atoms with van der Waals surface area (Å²) in [6, 6.07) is 8.25. The number of benzene rings is 2. The van der Waals surface area contributed by atoms with Crippen LogP contribution in [0.1, 0.15) is 18.5 Å². The van der Waals surface area contributed by atoms with Gasteiger partial charge in [0.05, 0.1) is 10.7 Å². The maximum atomic E-state index is 13.2. The quantitative estimate of drug-likeness (QED) is 0.842. The summed E-state index contributed by atoms with van der Waals surface area (Å²) >= 11 is 11.8. The van der Waals surface area contributed by atoms with Crippen molar-refractivity contribution < 1.29 is 18.9 Å². The average molecular weight is 360 g/mol. The van der Waals surface area contributed by atoms with Crippen molar-refractivity contribution in [2.45, 2.75) is 13.0 Å². The Kier molecular flexibility index (Phi) is 5.93. The van der Waals surface area contributed by atoms with E-state index in [-0.39, 0.29) is 18.5 Å². The highest BCUT2D eigenvalue weighted by molar-refractivity contribution is 6.35. The number of nitrogens with one attached hydrogen (secondary N) is 1. The molecule has 0 aliphatic carbocycles. The van der Waals surface area contributed by atoms with Gasteiger partial charge >= 0.3 is 0 Å². The first-order chi connectivity index (χ1) is 10.9. The topological polar surface area (TPSA) is 45.7 Å². The van der Waals surface area contributed by atoms with Gasteiger partial charge in [0.1, 0.15) is 6.04 Å². The Morgan fingerprint density at radius 2 is 1.91 bits per heavy atom. The third-order valence-electron chi connectivity index (χ3n) is 3.33. The Morgan fingerprint density at radius 3 is 2.61 bits per heavy atom. The molecule has 3 N–H and O–H groups in total. The summed E-state index contributed by atoms with van der Waals surface area (Å²) in [7, 11) is 0. The molecule has 0 spiro atoms. The largest absolute Gasteiger partial charge is 0.333 e. The number of amides is 1. The van der Waals surface area contributed by atoms with Gasteiger partial charge in [-0.15, -0.1) is 0 Å². The van der Waals surface area contributed by atoms with Crippen molar-refractivity contribution in [3.05, 3.63) is 63.6 Å². The van der Waals surface area contributed by atoms with Crippen LogP contribution >= 0.6 is 23.2 Å². The van der Waals surface area contributed by atoms with E-state index in [9.17, 15) is 13.6 Å². The maximum Gasteiger partial charge on any atom is 0.279 e. The van der Waals surface area contributed by atoms with Gasteiger partial charge in [0.25, 0.3) is 5.91 Å². The van der Waals surface area contributed by atoms with Gasteiger partial charge in [-0.05, 0) is 43.3 Å². The fourth-order valence-electron chi connectivity index (χ4n) is 2.01. The van der Waals surface area contributed by atoms with Crippen LogP contribution in [0.5, 0.6) is 0 Å². The summed E-state index contributed by atoms with van der Waals surface area (Å²) in [6.07, 6.45) is 0. The van der Waals surface area contributed by atoms with Crippen molar-refractivity contribution in [1.82, 2.24) is 0 Å². The van der Waals surface area contributed by atoms with Crippen molar-refractivity contribution in [1.29, 1.82) is 0 Å². The molecule has 0 unspecified atom stereocenters. The number of quaternary nitrogens is 1. The minimum Gasteiger partial charge on any atom is -0.333 e. The van der Waals surface area contributed by atoms with E-state index in [0.29, 0.717) is 21.3 Å². The number of carbonyl (C=O) groups excluding carboxylic acids is 1. The third kappa shape index (κ3) is 4.89. The number of hydrogen-bond donors (Lipinski definition) is 2. The molecule has 0 aliphatic rings. The van der Waals surface area contributed by atoms with Gasteiger partial charge < -0.3 is 10.6 Å². The second kappa shape index (κ2) is 7.73. The van der Waals surface area contributed by atoms with Gasteiger partial charge in [-0.1, -0.05) is 23.2 Å². The van der Waals surface area contributed by atoms with Crippen LogP contribution in [0.3, 0.4) is 0 Å². The first-order valence-corrected chi connectivity index (χ1v) is 7.65. The van der Waals surface area contributed by atoms with Crippen molar-refractivity contribution >= 4 is 34.8 Å². The monoisotopic (exact) mass is 359 g/mol. The second-order valence-electron chi connectivity index (χ2n) is 5.07. The number of hydrogen-bond acceptors (Lipinski definition) is 1. The molecule has 0 radical (unpaired) electrons. The van der Waals surface area contributed by atoms with Crippen LogP contribution < -0.4 is 10.6 Å². The first-order valence-electron chi connectivity index (χ1n) is 6.90. The molecule has 23 heavy (non-hydrogen) atoms. The molecule has 3 nitrogen and oxygen atoms in total. The van der Waals surface area contributed by atoms with E-state index in [2.05, 4.69) is 5.32 Å². The molecular weight excluding hydrogens is 345 g/mol. The smallest absolute Gasteiger partial charge is 0.279 e. The van der Waals surface area contributed by atoms with E-state index in [0.717, 1.165) is 12.1 Å². The number of rotatable bonds is 5. The summed E-state index contributed by atoms with van der Waals surface area (Å²) in [5.41, 5.74) is 1.02. The molecule has 0 fully saturated rings. The molecule has 1 atom stereocenters. The highest BCUT2D eigenvalue weighted by Crippen LogP contribution is 2.25. The zero-order valence-electron chi connectivity index (χ0n) is 12.2. The Bertz CT molecular complexity index is 725. The summed E-state index contributed by atoms with van der Waals surface area (Å²) in [4.78, 5) is 12.0. The van der Waals surface area contributed by atoms with E-state index in [1.165, 1.54) is 6.07 Å². The van der Waals surface area contributed by atoms with Gasteiger partial charge in [0.15, 0.2) is 18.2 Å². The molecule has 0 saturated heterocycles. The van der Waals surface area contributed by atoms with Crippen LogP contribution in [0.25, 0.3) is 0 Å². The van der Waals surface area contributed by atoms with Crippen molar-refractivity contribution in [3.8, 4) is 0 Å². The van der Waals surface area contributed by atoms with E-state index in [4.69, 9.17) is 23.2 Å². The number of carbonyl (C=O) groups is 1. The summed E-state index contributed by atoms with van der Waals surface area (Å²) in [6.45, 7) is 1.90. The molecule has 7 heteroatoms. The lowest BCUT2D eigenvalue weighted by molar-refractivity contribution is -0.682. The van der Waals surface area contributed by atoms with Gasteiger partial charge in [0.2, 0.25) is 0 Å². The van der Waals surface area contributed by atoms with Crippen LogP contribution in [0.4, 0.5) is 14.5 Å². The predicted octanol–water partition coefficient (Wildman–Crippen LogP) is 3.53.